The maximum atomic E-state index is 6.01. The van der Waals surface area contributed by atoms with Gasteiger partial charge in [0, 0.05) is 13.1 Å². The van der Waals surface area contributed by atoms with Crippen LogP contribution in [0.25, 0.3) is 5.69 Å². The number of nitrogens with one attached hydrogen (secondary N) is 1. The molecule has 0 amide bonds. The summed E-state index contributed by atoms with van der Waals surface area (Å²) in [4.78, 5) is 5.02. The Labute approximate surface area is 164 Å². The van der Waals surface area contributed by atoms with Crippen molar-refractivity contribution < 1.29 is 9.47 Å². The summed E-state index contributed by atoms with van der Waals surface area (Å²) in [5, 5.41) is 8.38. The first kappa shape index (κ1) is 17.4. The third-order valence-electron chi connectivity index (χ3n) is 5.67. The molecule has 0 bridgehead atoms. The molecule has 2 aliphatic rings. The molecule has 1 saturated carbocycles. The molecule has 0 radical (unpaired) electrons. The van der Waals surface area contributed by atoms with Crippen molar-refractivity contribution in [3.05, 3.63) is 71.8 Å². The molecule has 0 spiro atoms. The van der Waals surface area contributed by atoms with Crippen molar-refractivity contribution in [2.75, 3.05) is 26.8 Å². The number of benzene rings is 2. The van der Waals surface area contributed by atoms with Crippen molar-refractivity contribution in [2.24, 2.45) is 0 Å². The predicted molar refractivity (Wildman–Crippen MR) is 106 cm³/mol. The number of rotatable bonds is 5. The molecule has 2 aromatic carbocycles. The van der Waals surface area contributed by atoms with Gasteiger partial charge in [-0.05, 0) is 42.7 Å². The molecule has 2 fully saturated rings. The van der Waals surface area contributed by atoms with Crippen LogP contribution in [0, 0.1) is 0 Å². The first-order valence-electron chi connectivity index (χ1n) is 9.80. The van der Waals surface area contributed by atoms with Crippen molar-refractivity contribution in [2.45, 2.75) is 24.4 Å². The van der Waals surface area contributed by atoms with Crippen molar-refractivity contribution in [3.63, 3.8) is 0 Å². The van der Waals surface area contributed by atoms with Gasteiger partial charge in [0.1, 0.15) is 11.9 Å². The summed E-state index contributed by atoms with van der Waals surface area (Å²) in [6.07, 6.45) is 2.04. The summed E-state index contributed by atoms with van der Waals surface area (Å²) in [5.41, 5.74) is 2.18. The molecule has 1 saturated heterocycles. The van der Waals surface area contributed by atoms with Crippen LogP contribution in [-0.2, 0) is 10.2 Å². The van der Waals surface area contributed by atoms with E-state index < -0.39 is 0 Å². The van der Waals surface area contributed by atoms with Gasteiger partial charge in [0.25, 0.3) is 0 Å². The van der Waals surface area contributed by atoms with Crippen molar-refractivity contribution in [1.82, 2.24) is 20.1 Å². The standard InChI is InChI=1S/C22H24N4O2/c1-27-18-9-7-17(8-10-18)26-20(19-15-23-13-14-28-19)24-21(25-26)22(11-12-22)16-5-3-2-4-6-16/h2-10,19,23H,11-15H2,1H3/t19-/m1/s1. The van der Waals surface area contributed by atoms with E-state index in [1.807, 2.05) is 28.9 Å². The molecule has 1 aliphatic heterocycles. The molecule has 0 unspecified atom stereocenters. The van der Waals surface area contributed by atoms with Crippen LogP contribution in [0.1, 0.15) is 36.2 Å². The zero-order chi connectivity index (χ0) is 19.0. The smallest absolute Gasteiger partial charge is 0.162 e. The monoisotopic (exact) mass is 376 g/mol. The Morgan fingerprint density at radius 1 is 1.11 bits per heavy atom. The van der Waals surface area contributed by atoms with Crippen LogP contribution >= 0.6 is 0 Å². The normalized spacial score (nSPS) is 20.7. The molecule has 144 valence electrons. The van der Waals surface area contributed by atoms with Gasteiger partial charge < -0.3 is 14.8 Å². The molecule has 1 atom stereocenters. The van der Waals surface area contributed by atoms with E-state index in [9.17, 15) is 0 Å². The van der Waals surface area contributed by atoms with Crippen molar-refractivity contribution in [1.29, 1.82) is 0 Å². The van der Waals surface area contributed by atoms with E-state index in [4.69, 9.17) is 19.6 Å². The number of ether oxygens (including phenoxy) is 2. The Morgan fingerprint density at radius 2 is 1.89 bits per heavy atom. The van der Waals surface area contributed by atoms with Gasteiger partial charge in [-0.1, -0.05) is 30.3 Å². The fourth-order valence-electron chi connectivity index (χ4n) is 3.90. The molecular formula is C22H24N4O2. The van der Waals surface area contributed by atoms with Gasteiger partial charge in [0.05, 0.1) is 24.8 Å². The van der Waals surface area contributed by atoms with Crippen LogP contribution in [-0.4, -0.2) is 41.6 Å². The number of hydrogen-bond donors (Lipinski definition) is 1. The van der Waals surface area contributed by atoms with Crippen LogP contribution in [0.5, 0.6) is 5.75 Å². The molecule has 2 heterocycles. The lowest BCUT2D eigenvalue weighted by Crippen LogP contribution is -2.34. The van der Waals surface area contributed by atoms with E-state index in [0.717, 1.165) is 49.0 Å². The van der Waals surface area contributed by atoms with Gasteiger partial charge in [-0.25, -0.2) is 9.67 Å². The minimum atomic E-state index is -0.108. The van der Waals surface area contributed by atoms with E-state index >= 15 is 0 Å². The van der Waals surface area contributed by atoms with Gasteiger partial charge in [0.2, 0.25) is 0 Å². The van der Waals surface area contributed by atoms with E-state index in [1.165, 1.54) is 5.56 Å². The second-order valence-corrected chi connectivity index (χ2v) is 7.42. The molecule has 6 nitrogen and oxygen atoms in total. The summed E-state index contributed by atoms with van der Waals surface area (Å²) in [7, 11) is 1.67. The summed E-state index contributed by atoms with van der Waals surface area (Å²) < 4.78 is 13.3. The van der Waals surface area contributed by atoms with Crippen molar-refractivity contribution in [3.8, 4) is 11.4 Å². The van der Waals surface area contributed by atoms with Gasteiger partial charge in [0.15, 0.2) is 11.6 Å². The topological polar surface area (TPSA) is 61.2 Å². The Hall–Kier alpha value is -2.70. The van der Waals surface area contributed by atoms with Crippen LogP contribution in [0.3, 0.4) is 0 Å². The lowest BCUT2D eigenvalue weighted by Gasteiger charge is -2.23. The highest BCUT2D eigenvalue weighted by atomic mass is 16.5. The molecule has 1 aliphatic carbocycles. The molecule has 1 N–H and O–H groups in total. The summed E-state index contributed by atoms with van der Waals surface area (Å²) in [5.74, 6) is 2.57. The van der Waals surface area contributed by atoms with E-state index in [1.54, 1.807) is 7.11 Å². The van der Waals surface area contributed by atoms with E-state index in [-0.39, 0.29) is 11.5 Å². The van der Waals surface area contributed by atoms with Gasteiger partial charge in [-0.15, -0.1) is 5.10 Å². The second-order valence-electron chi connectivity index (χ2n) is 7.42. The van der Waals surface area contributed by atoms with Crippen LogP contribution < -0.4 is 10.1 Å². The lowest BCUT2D eigenvalue weighted by molar-refractivity contribution is 0.0208. The fourth-order valence-corrected chi connectivity index (χ4v) is 3.90. The van der Waals surface area contributed by atoms with E-state index in [2.05, 4.69) is 35.6 Å². The number of nitrogens with zero attached hydrogens (tertiary/aromatic N) is 3. The summed E-state index contributed by atoms with van der Waals surface area (Å²) >= 11 is 0. The quantitative estimate of drug-likeness (QED) is 0.742. The zero-order valence-electron chi connectivity index (χ0n) is 16.0. The maximum absolute atomic E-state index is 6.01. The fraction of sp³-hybridized carbons (Fsp3) is 0.364. The Kier molecular flexibility index (Phi) is 4.37. The molecule has 6 heteroatoms. The first-order chi connectivity index (χ1) is 13.8. The SMILES string of the molecule is COc1ccc(-n2nc(C3(c4ccccc4)CC3)nc2[C@H]2CNCCO2)cc1. The third kappa shape index (κ3) is 2.99. The minimum Gasteiger partial charge on any atom is -0.497 e. The number of aromatic nitrogens is 3. The summed E-state index contributed by atoms with van der Waals surface area (Å²) in [6.45, 7) is 2.29. The average molecular weight is 376 g/mol. The van der Waals surface area contributed by atoms with Crippen molar-refractivity contribution >= 4 is 0 Å². The van der Waals surface area contributed by atoms with Gasteiger partial charge in [-0.3, -0.25) is 0 Å². The average Bonchev–Trinajstić information content (AvgIpc) is 3.47. The number of morpholine rings is 1. The molecule has 28 heavy (non-hydrogen) atoms. The number of hydrogen-bond acceptors (Lipinski definition) is 5. The Bertz CT molecular complexity index is 942. The molecule has 3 aromatic rings. The highest BCUT2D eigenvalue weighted by Crippen LogP contribution is 2.52. The molecule has 1 aromatic heterocycles. The minimum absolute atomic E-state index is 0.0736. The second kappa shape index (κ2) is 7.04. The Balaban J connectivity index is 1.59. The first-order valence-corrected chi connectivity index (χ1v) is 9.80. The Morgan fingerprint density at radius 3 is 2.54 bits per heavy atom. The van der Waals surface area contributed by atoms with Crippen LogP contribution in [0.15, 0.2) is 54.6 Å². The molecular weight excluding hydrogens is 352 g/mol. The number of methoxy groups -OCH3 is 1. The highest BCUT2D eigenvalue weighted by Gasteiger charge is 2.50. The maximum Gasteiger partial charge on any atom is 0.162 e. The largest absolute Gasteiger partial charge is 0.497 e. The molecule has 5 rings (SSSR count). The van der Waals surface area contributed by atoms with Crippen LogP contribution in [0.4, 0.5) is 0 Å². The van der Waals surface area contributed by atoms with Crippen LogP contribution in [0.2, 0.25) is 0 Å². The van der Waals surface area contributed by atoms with E-state index in [0.29, 0.717) is 6.61 Å². The third-order valence-corrected chi connectivity index (χ3v) is 5.67. The predicted octanol–water partition coefficient (Wildman–Crippen LogP) is 3.02. The highest BCUT2D eigenvalue weighted by molar-refractivity contribution is 5.42. The van der Waals surface area contributed by atoms with Gasteiger partial charge >= 0.3 is 0 Å². The summed E-state index contributed by atoms with van der Waals surface area (Å²) in [6, 6.07) is 18.5. The lowest BCUT2D eigenvalue weighted by atomic mass is 9.95. The van der Waals surface area contributed by atoms with Gasteiger partial charge in [-0.2, -0.15) is 0 Å². The zero-order valence-corrected chi connectivity index (χ0v) is 16.0.